The summed E-state index contributed by atoms with van der Waals surface area (Å²) in [4.78, 5) is 11.2. The molecule has 0 bridgehead atoms. The van der Waals surface area contributed by atoms with E-state index in [9.17, 15) is 18.3 Å². The Morgan fingerprint density at radius 2 is 1.87 bits per heavy atom. The van der Waals surface area contributed by atoms with Crippen molar-refractivity contribution in [3.05, 3.63) is 24.3 Å². The van der Waals surface area contributed by atoms with Gasteiger partial charge in [0.05, 0.1) is 11.5 Å². The molecule has 0 spiro atoms. The summed E-state index contributed by atoms with van der Waals surface area (Å²) < 4.78 is 37.1. The maximum atomic E-state index is 12.3. The molecule has 130 valence electrons. The first-order valence-electron chi connectivity index (χ1n) is 7.28. The van der Waals surface area contributed by atoms with Crippen molar-refractivity contribution in [2.24, 2.45) is 5.92 Å². The summed E-state index contributed by atoms with van der Waals surface area (Å²) in [5.41, 5.74) is 0. The predicted molar refractivity (Wildman–Crippen MR) is 85.0 cm³/mol. The largest absolute Gasteiger partial charge is 0.491 e. The number of carbonyl (C=O) groups is 1. The number of benzene rings is 1. The molecule has 0 aliphatic carbocycles. The number of aliphatic carboxylic acids is 1. The summed E-state index contributed by atoms with van der Waals surface area (Å²) in [7, 11) is -2.36. The SMILES string of the molecule is CC[C@H](C)[C@H](NS(=O)(=O)c1ccc(OCCOC)cc1)C(=O)O. The van der Waals surface area contributed by atoms with Crippen molar-refractivity contribution in [3.8, 4) is 5.75 Å². The predicted octanol–water partition coefficient (Wildman–Crippen LogP) is 1.49. The van der Waals surface area contributed by atoms with E-state index in [1.165, 1.54) is 24.3 Å². The van der Waals surface area contributed by atoms with Crippen molar-refractivity contribution in [3.63, 3.8) is 0 Å². The third kappa shape index (κ3) is 5.81. The Hall–Kier alpha value is -1.64. The monoisotopic (exact) mass is 345 g/mol. The van der Waals surface area contributed by atoms with E-state index in [1.54, 1.807) is 21.0 Å². The van der Waals surface area contributed by atoms with Crippen LogP contribution in [0, 0.1) is 5.92 Å². The number of carboxylic acid groups (broad SMARTS) is 1. The highest BCUT2D eigenvalue weighted by atomic mass is 32.2. The molecule has 23 heavy (non-hydrogen) atoms. The van der Waals surface area contributed by atoms with Crippen LogP contribution in [0.3, 0.4) is 0 Å². The van der Waals surface area contributed by atoms with Crippen LogP contribution in [-0.2, 0) is 19.6 Å². The summed E-state index contributed by atoms with van der Waals surface area (Å²) in [5.74, 6) is -1.00. The molecule has 1 aromatic rings. The van der Waals surface area contributed by atoms with Crippen molar-refractivity contribution in [2.45, 2.75) is 31.2 Å². The van der Waals surface area contributed by atoms with Gasteiger partial charge < -0.3 is 14.6 Å². The Morgan fingerprint density at radius 3 is 2.35 bits per heavy atom. The number of sulfonamides is 1. The molecular weight excluding hydrogens is 322 g/mol. The zero-order chi connectivity index (χ0) is 17.5. The van der Waals surface area contributed by atoms with Gasteiger partial charge in [0, 0.05) is 7.11 Å². The molecule has 0 aliphatic heterocycles. The lowest BCUT2D eigenvalue weighted by Gasteiger charge is -2.20. The molecule has 0 unspecified atom stereocenters. The van der Waals surface area contributed by atoms with Crippen LogP contribution in [0.4, 0.5) is 0 Å². The van der Waals surface area contributed by atoms with E-state index < -0.39 is 22.0 Å². The van der Waals surface area contributed by atoms with Gasteiger partial charge in [-0.3, -0.25) is 4.79 Å². The van der Waals surface area contributed by atoms with Crippen molar-refractivity contribution in [2.75, 3.05) is 20.3 Å². The van der Waals surface area contributed by atoms with Crippen molar-refractivity contribution in [1.29, 1.82) is 0 Å². The molecule has 0 saturated carbocycles. The standard InChI is InChI=1S/C15H23NO6S/c1-4-11(2)14(15(17)18)16-23(19,20)13-7-5-12(6-8-13)22-10-9-21-3/h5-8,11,14,16H,4,9-10H2,1-3H3,(H,17,18)/t11-,14-/m0/s1. The minimum absolute atomic E-state index is 0.00820. The fourth-order valence-corrected chi connectivity index (χ4v) is 3.14. The van der Waals surface area contributed by atoms with E-state index in [1.807, 2.05) is 0 Å². The smallest absolute Gasteiger partial charge is 0.322 e. The Morgan fingerprint density at radius 1 is 1.26 bits per heavy atom. The minimum atomic E-state index is -3.91. The Balaban J connectivity index is 2.84. The van der Waals surface area contributed by atoms with E-state index in [0.29, 0.717) is 25.4 Å². The van der Waals surface area contributed by atoms with Gasteiger partial charge in [-0.1, -0.05) is 20.3 Å². The van der Waals surface area contributed by atoms with E-state index >= 15 is 0 Å². The average Bonchev–Trinajstić information content (AvgIpc) is 2.52. The number of carboxylic acids is 1. The highest BCUT2D eigenvalue weighted by Gasteiger charge is 2.29. The molecule has 2 atom stereocenters. The zero-order valence-corrected chi connectivity index (χ0v) is 14.3. The van der Waals surface area contributed by atoms with Crippen molar-refractivity contribution < 1.29 is 27.8 Å². The van der Waals surface area contributed by atoms with Crippen LogP contribution < -0.4 is 9.46 Å². The Labute approximate surface area is 136 Å². The van der Waals surface area contributed by atoms with E-state index in [4.69, 9.17) is 9.47 Å². The first kappa shape index (κ1) is 19.4. The molecule has 0 saturated heterocycles. The van der Waals surface area contributed by atoms with Gasteiger partial charge in [0.25, 0.3) is 0 Å². The molecular formula is C15H23NO6S. The highest BCUT2D eigenvalue weighted by molar-refractivity contribution is 7.89. The molecule has 0 aliphatic rings. The number of methoxy groups -OCH3 is 1. The van der Waals surface area contributed by atoms with E-state index in [0.717, 1.165) is 0 Å². The molecule has 7 nitrogen and oxygen atoms in total. The van der Waals surface area contributed by atoms with Crippen LogP contribution >= 0.6 is 0 Å². The lowest BCUT2D eigenvalue weighted by Crippen LogP contribution is -2.44. The summed E-state index contributed by atoms with van der Waals surface area (Å²) in [6, 6.07) is 4.62. The first-order valence-corrected chi connectivity index (χ1v) is 8.77. The number of hydrogen-bond donors (Lipinski definition) is 2. The van der Waals surface area contributed by atoms with Crippen LogP contribution in [0.2, 0.25) is 0 Å². The molecule has 0 heterocycles. The molecule has 0 aromatic heterocycles. The third-order valence-corrected chi connectivity index (χ3v) is 4.91. The van der Waals surface area contributed by atoms with Gasteiger partial charge in [-0.25, -0.2) is 8.42 Å². The second kappa shape index (κ2) is 8.85. The van der Waals surface area contributed by atoms with E-state index in [-0.39, 0.29) is 10.8 Å². The summed E-state index contributed by atoms with van der Waals surface area (Å²) in [5, 5.41) is 9.19. The molecule has 0 fully saturated rings. The van der Waals surface area contributed by atoms with Crippen molar-refractivity contribution in [1.82, 2.24) is 4.72 Å². The first-order chi connectivity index (χ1) is 10.8. The second-order valence-corrected chi connectivity index (χ2v) is 6.85. The quantitative estimate of drug-likeness (QED) is 0.623. The lowest BCUT2D eigenvalue weighted by molar-refractivity contribution is -0.140. The van der Waals surface area contributed by atoms with Crippen LogP contribution in [0.15, 0.2) is 29.2 Å². The highest BCUT2D eigenvalue weighted by Crippen LogP contribution is 2.18. The van der Waals surface area contributed by atoms with Gasteiger partial charge >= 0.3 is 5.97 Å². The number of nitrogens with one attached hydrogen (secondary N) is 1. The van der Waals surface area contributed by atoms with Gasteiger partial charge in [-0.05, 0) is 30.2 Å². The molecule has 2 N–H and O–H groups in total. The van der Waals surface area contributed by atoms with Crippen LogP contribution in [0.5, 0.6) is 5.75 Å². The summed E-state index contributed by atoms with van der Waals surface area (Å²) in [6.45, 7) is 4.28. The van der Waals surface area contributed by atoms with Gasteiger partial charge in [0.2, 0.25) is 10.0 Å². The van der Waals surface area contributed by atoms with Crippen LogP contribution in [0.25, 0.3) is 0 Å². The zero-order valence-electron chi connectivity index (χ0n) is 13.5. The molecule has 1 rings (SSSR count). The van der Waals surface area contributed by atoms with Gasteiger partial charge in [-0.15, -0.1) is 0 Å². The molecule has 1 aromatic carbocycles. The second-order valence-electron chi connectivity index (χ2n) is 5.14. The Kier molecular flexibility index (Phi) is 7.47. The summed E-state index contributed by atoms with van der Waals surface area (Å²) in [6.07, 6.45) is 0.547. The van der Waals surface area contributed by atoms with Gasteiger partial charge in [0.15, 0.2) is 0 Å². The number of ether oxygens (including phenoxy) is 2. The van der Waals surface area contributed by atoms with Crippen LogP contribution in [0.1, 0.15) is 20.3 Å². The maximum Gasteiger partial charge on any atom is 0.322 e. The fourth-order valence-electron chi connectivity index (χ4n) is 1.84. The topological polar surface area (TPSA) is 102 Å². The number of hydrogen-bond acceptors (Lipinski definition) is 5. The normalized spacial score (nSPS) is 14.2. The molecule has 0 radical (unpaired) electrons. The van der Waals surface area contributed by atoms with Crippen molar-refractivity contribution >= 4 is 16.0 Å². The van der Waals surface area contributed by atoms with Gasteiger partial charge in [0.1, 0.15) is 18.4 Å². The third-order valence-electron chi connectivity index (χ3n) is 3.45. The van der Waals surface area contributed by atoms with Crippen LogP contribution in [-0.4, -0.2) is 45.9 Å². The molecule has 0 amide bonds. The van der Waals surface area contributed by atoms with Gasteiger partial charge in [-0.2, -0.15) is 4.72 Å². The Bertz CT molecular complexity index is 599. The fraction of sp³-hybridized carbons (Fsp3) is 0.533. The minimum Gasteiger partial charge on any atom is -0.491 e. The summed E-state index contributed by atoms with van der Waals surface area (Å²) >= 11 is 0. The van der Waals surface area contributed by atoms with E-state index in [2.05, 4.69) is 4.72 Å². The molecule has 8 heteroatoms. The average molecular weight is 345 g/mol. The number of rotatable bonds is 10. The maximum absolute atomic E-state index is 12.3. The lowest BCUT2D eigenvalue weighted by atomic mass is 10.0.